The van der Waals surface area contributed by atoms with Gasteiger partial charge in [-0.05, 0) is 36.4 Å². The fraction of sp³-hybridized carbons (Fsp3) is 0. The average molecular weight is 753 g/mol. The maximum absolute atomic E-state index is 11.3. The monoisotopic (exact) mass is 752 g/mol. The van der Waals surface area contributed by atoms with Gasteiger partial charge >= 0.3 is 0 Å². The first-order valence-corrected chi connectivity index (χ1v) is 19.6. The lowest BCUT2D eigenvalue weighted by molar-refractivity contribution is 0.666. The molecule has 0 fully saturated rings. The third-order valence-electron chi connectivity index (χ3n) is 11.9. The number of rotatable bonds is 4. The summed E-state index contributed by atoms with van der Waals surface area (Å²) in [6, 6.07) is 60.6. The van der Waals surface area contributed by atoms with Crippen LogP contribution in [0.15, 0.2) is 174 Å². The van der Waals surface area contributed by atoms with E-state index in [2.05, 4.69) is 100.0 Å². The molecule has 0 amide bonds. The topological polar surface area (TPSA) is 84.9 Å². The molecule has 13 aromatic rings. The van der Waals surface area contributed by atoms with Crippen molar-refractivity contribution in [1.29, 1.82) is 5.26 Å². The molecule has 0 unspecified atom stereocenters. The molecule has 0 aliphatic heterocycles. The zero-order valence-electron chi connectivity index (χ0n) is 31.3. The van der Waals surface area contributed by atoms with E-state index < -0.39 is 0 Å². The molecule has 0 atom stereocenters. The van der Waals surface area contributed by atoms with Gasteiger partial charge in [0.1, 0.15) is 17.3 Å². The first kappa shape index (κ1) is 31.8. The molecule has 0 spiro atoms. The van der Waals surface area contributed by atoms with Crippen LogP contribution in [0.5, 0.6) is 0 Å². The minimum absolute atomic E-state index is 0.441. The molecule has 59 heavy (non-hydrogen) atoms. The van der Waals surface area contributed by atoms with Gasteiger partial charge in [-0.25, -0.2) is 15.0 Å². The van der Waals surface area contributed by atoms with Gasteiger partial charge in [0.15, 0.2) is 23.1 Å². The van der Waals surface area contributed by atoms with Gasteiger partial charge in [-0.15, -0.1) is 0 Å². The summed E-state index contributed by atoms with van der Waals surface area (Å²) < 4.78 is 11.6. The summed E-state index contributed by atoms with van der Waals surface area (Å²) in [5.41, 5.74) is 10.4. The highest BCUT2D eigenvalue weighted by Crippen LogP contribution is 2.49. The van der Waals surface area contributed by atoms with Gasteiger partial charge < -0.3 is 13.4 Å². The number of aromatic nitrogens is 5. The number of nitriles is 1. The Hall–Kier alpha value is -8.34. The minimum atomic E-state index is 0.441. The maximum Gasteiger partial charge on any atom is 0.164 e. The van der Waals surface area contributed by atoms with Gasteiger partial charge in [0, 0.05) is 59.8 Å². The number of furan rings is 1. The molecule has 0 saturated carbocycles. The highest BCUT2D eigenvalue weighted by atomic mass is 16.3. The van der Waals surface area contributed by atoms with Gasteiger partial charge in [-0.3, -0.25) is 0 Å². The Morgan fingerprint density at radius 2 is 1.00 bits per heavy atom. The molecular weight excluding hydrogens is 725 g/mol. The van der Waals surface area contributed by atoms with Crippen molar-refractivity contribution < 1.29 is 4.42 Å². The average Bonchev–Trinajstić information content (AvgIpc) is 4.05. The van der Waals surface area contributed by atoms with Crippen molar-refractivity contribution in [2.75, 3.05) is 0 Å². The van der Waals surface area contributed by atoms with E-state index in [4.69, 9.17) is 19.4 Å². The van der Waals surface area contributed by atoms with Crippen LogP contribution in [0.4, 0.5) is 0 Å². The van der Waals surface area contributed by atoms with E-state index in [1.165, 1.54) is 32.7 Å². The van der Waals surface area contributed by atoms with Crippen molar-refractivity contribution in [2.24, 2.45) is 0 Å². The summed E-state index contributed by atoms with van der Waals surface area (Å²) in [7, 11) is 0. The third-order valence-corrected chi connectivity index (χ3v) is 11.9. The second-order valence-corrected chi connectivity index (χ2v) is 15.0. The maximum atomic E-state index is 11.3. The predicted octanol–water partition coefficient (Wildman–Crippen LogP) is 12.9. The molecular formula is C52H28N6O. The van der Waals surface area contributed by atoms with Crippen LogP contribution < -0.4 is 0 Å². The summed E-state index contributed by atoms with van der Waals surface area (Å²) in [4.78, 5) is 15.2. The van der Waals surface area contributed by atoms with Gasteiger partial charge in [0.2, 0.25) is 0 Å². The minimum Gasteiger partial charge on any atom is -0.454 e. The van der Waals surface area contributed by atoms with Gasteiger partial charge in [-0.2, -0.15) is 5.26 Å². The standard InChI is InChI=1S/C52H28N6O/c53-29-32-27-38(52-55-50(30-15-3-1-4-16-30)54-51(56-52)31-17-5-2-6-18-31)44-36-22-10-14-26-43(36)59-49(44)47(32)58-40-24-12-8-20-34(40)45-42(58)28-37-33-19-7-11-23-39(33)57-41-25-13-9-21-35(41)46(45)48(37)57/h1-28H. The summed E-state index contributed by atoms with van der Waals surface area (Å²) >= 11 is 0. The molecule has 0 N–H and O–H groups in total. The van der Waals surface area contributed by atoms with Crippen molar-refractivity contribution in [3.63, 3.8) is 0 Å². The van der Waals surface area contributed by atoms with Gasteiger partial charge in [-0.1, -0.05) is 133 Å². The molecule has 7 nitrogen and oxygen atoms in total. The zero-order chi connectivity index (χ0) is 38.8. The van der Waals surface area contributed by atoms with Crippen LogP contribution in [0.3, 0.4) is 0 Å². The number of benzene rings is 8. The molecule has 0 radical (unpaired) electrons. The number of fused-ring (bicyclic) bond motifs is 13. The molecule has 272 valence electrons. The first-order chi connectivity index (χ1) is 29.2. The summed E-state index contributed by atoms with van der Waals surface area (Å²) in [6.45, 7) is 0. The molecule has 5 heterocycles. The lowest BCUT2D eigenvalue weighted by Gasteiger charge is -2.14. The van der Waals surface area contributed by atoms with Crippen molar-refractivity contribution in [2.45, 2.75) is 0 Å². The Balaban J connectivity index is 1.20. The van der Waals surface area contributed by atoms with Crippen LogP contribution in [-0.4, -0.2) is 23.9 Å². The van der Waals surface area contributed by atoms with Crippen molar-refractivity contribution in [3.05, 3.63) is 175 Å². The molecule has 13 rings (SSSR count). The number of hydrogen-bond acceptors (Lipinski definition) is 5. The smallest absolute Gasteiger partial charge is 0.164 e. The molecule has 0 bridgehead atoms. The van der Waals surface area contributed by atoms with Crippen LogP contribution in [0.25, 0.3) is 122 Å². The molecule has 7 heteroatoms. The number of hydrogen-bond donors (Lipinski definition) is 0. The Morgan fingerprint density at radius 3 is 1.68 bits per heavy atom. The summed E-state index contributed by atoms with van der Waals surface area (Å²) in [6.07, 6.45) is 0. The van der Waals surface area contributed by atoms with Crippen molar-refractivity contribution >= 4 is 81.8 Å². The molecule has 0 aliphatic carbocycles. The van der Waals surface area contributed by atoms with Crippen LogP contribution >= 0.6 is 0 Å². The van der Waals surface area contributed by atoms with Gasteiger partial charge in [0.05, 0.1) is 33.1 Å². The Labute approximate surface area is 335 Å². The Morgan fingerprint density at radius 1 is 0.458 bits per heavy atom. The highest BCUT2D eigenvalue weighted by Gasteiger charge is 2.28. The highest BCUT2D eigenvalue weighted by molar-refractivity contribution is 6.36. The van der Waals surface area contributed by atoms with Crippen LogP contribution in [0, 0.1) is 11.3 Å². The number of para-hydroxylation sites is 4. The quantitative estimate of drug-likeness (QED) is 0.179. The first-order valence-electron chi connectivity index (χ1n) is 19.6. The van der Waals surface area contributed by atoms with E-state index in [1.807, 2.05) is 84.9 Å². The van der Waals surface area contributed by atoms with E-state index in [1.54, 1.807) is 0 Å². The summed E-state index contributed by atoms with van der Waals surface area (Å²) in [5, 5.41) is 20.0. The Kier molecular flexibility index (Phi) is 6.38. The normalized spacial score (nSPS) is 12.1. The van der Waals surface area contributed by atoms with Crippen molar-refractivity contribution in [1.82, 2.24) is 23.9 Å². The Bertz CT molecular complexity index is 3850. The van der Waals surface area contributed by atoms with Crippen LogP contribution in [0.2, 0.25) is 0 Å². The fourth-order valence-corrected chi connectivity index (χ4v) is 9.50. The van der Waals surface area contributed by atoms with Crippen molar-refractivity contribution in [3.8, 4) is 45.9 Å². The molecule has 0 aliphatic rings. The molecule has 0 saturated heterocycles. The number of nitrogens with zero attached hydrogens (tertiary/aromatic N) is 6. The SMILES string of the molecule is N#Cc1cc(-c2nc(-c3ccccc3)nc(-c3ccccc3)n2)c2c(oc3ccccc32)c1-n1c2ccccc2c2c3c4ccccc4n4c5ccccc5c(cc21)c34. The summed E-state index contributed by atoms with van der Waals surface area (Å²) in [5.74, 6) is 1.54. The van der Waals surface area contributed by atoms with E-state index in [9.17, 15) is 5.26 Å². The molecule has 5 aromatic heterocycles. The van der Waals surface area contributed by atoms with E-state index in [-0.39, 0.29) is 0 Å². The second-order valence-electron chi connectivity index (χ2n) is 15.0. The lowest BCUT2D eigenvalue weighted by atomic mass is 10.00. The van der Waals surface area contributed by atoms with E-state index in [0.29, 0.717) is 45.5 Å². The molecule has 8 aromatic carbocycles. The largest absolute Gasteiger partial charge is 0.454 e. The predicted molar refractivity (Wildman–Crippen MR) is 237 cm³/mol. The van der Waals surface area contributed by atoms with E-state index in [0.717, 1.165) is 49.1 Å². The van der Waals surface area contributed by atoms with Crippen LogP contribution in [-0.2, 0) is 0 Å². The van der Waals surface area contributed by atoms with Gasteiger partial charge in [0.25, 0.3) is 0 Å². The van der Waals surface area contributed by atoms with Crippen LogP contribution in [0.1, 0.15) is 5.56 Å². The fourth-order valence-electron chi connectivity index (χ4n) is 9.50. The van der Waals surface area contributed by atoms with E-state index >= 15 is 0 Å². The zero-order valence-corrected chi connectivity index (χ0v) is 31.3. The second kappa shape index (κ2) is 11.8. The third kappa shape index (κ3) is 4.32. The lowest BCUT2D eigenvalue weighted by Crippen LogP contribution is -2.03.